The first-order valence-electron chi connectivity index (χ1n) is 6.57. The second kappa shape index (κ2) is 5.32. The van der Waals surface area contributed by atoms with Crippen molar-refractivity contribution in [1.82, 2.24) is 14.9 Å². The molecule has 0 atom stereocenters. The Hall–Kier alpha value is -2.76. The summed E-state index contributed by atoms with van der Waals surface area (Å²) in [5, 5.41) is 9.15. The Morgan fingerprint density at radius 1 is 1.14 bits per heavy atom. The molecule has 0 aliphatic carbocycles. The second-order valence-electron chi connectivity index (χ2n) is 4.79. The average Bonchev–Trinajstić information content (AvgIpc) is 2.53. The van der Waals surface area contributed by atoms with Crippen LogP contribution in [0.15, 0.2) is 36.7 Å². The molecule has 0 bridgehead atoms. The summed E-state index contributed by atoms with van der Waals surface area (Å²) in [5.74, 6) is -1.51. The van der Waals surface area contributed by atoms with Crippen molar-refractivity contribution < 1.29 is 14.7 Å². The molecular weight excluding hydrogens is 270 g/mol. The van der Waals surface area contributed by atoms with Crippen molar-refractivity contribution in [3.05, 3.63) is 59.2 Å². The number of aromatic carboxylic acids is 1. The lowest BCUT2D eigenvalue weighted by Crippen LogP contribution is -2.37. The molecule has 1 aliphatic heterocycles. The smallest absolute Gasteiger partial charge is 0.338 e. The van der Waals surface area contributed by atoms with Crippen molar-refractivity contribution in [2.45, 2.75) is 13.0 Å². The molecule has 0 radical (unpaired) electrons. The molecule has 2 aromatic rings. The van der Waals surface area contributed by atoms with Crippen LogP contribution in [0.1, 0.15) is 32.1 Å². The number of pyridine rings is 2. The van der Waals surface area contributed by atoms with Gasteiger partial charge in [0.15, 0.2) is 0 Å². The van der Waals surface area contributed by atoms with Gasteiger partial charge in [0.05, 0.1) is 5.56 Å². The van der Waals surface area contributed by atoms with E-state index >= 15 is 0 Å². The van der Waals surface area contributed by atoms with Crippen LogP contribution in [0.2, 0.25) is 0 Å². The van der Waals surface area contributed by atoms with Crippen LogP contribution in [0.3, 0.4) is 0 Å². The molecule has 3 rings (SSSR count). The van der Waals surface area contributed by atoms with Gasteiger partial charge in [-0.25, -0.2) is 4.79 Å². The third-order valence-electron chi connectivity index (χ3n) is 3.49. The van der Waals surface area contributed by atoms with E-state index < -0.39 is 5.97 Å². The summed E-state index contributed by atoms with van der Waals surface area (Å²) in [6, 6.07) is 6.66. The van der Waals surface area contributed by atoms with Gasteiger partial charge in [-0.3, -0.25) is 14.8 Å². The first kappa shape index (κ1) is 13.2. The second-order valence-corrected chi connectivity index (χ2v) is 4.79. The van der Waals surface area contributed by atoms with Crippen LogP contribution in [0.25, 0.3) is 0 Å². The largest absolute Gasteiger partial charge is 0.478 e. The van der Waals surface area contributed by atoms with Crippen LogP contribution < -0.4 is 0 Å². The molecule has 3 heterocycles. The highest BCUT2D eigenvalue weighted by molar-refractivity contribution is 6.03. The lowest BCUT2D eigenvalue weighted by molar-refractivity contribution is 0.0665. The zero-order chi connectivity index (χ0) is 14.8. The van der Waals surface area contributed by atoms with Crippen LogP contribution in [0, 0.1) is 0 Å². The maximum Gasteiger partial charge on any atom is 0.338 e. The van der Waals surface area contributed by atoms with Crippen molar-refractivity contribution in [3.8, 4) is 0 Å². The number of carboxylic acid groups (broad SMARTS) is 1. The van der Waals surface area contributed by atoms with Gasteiger partial charge in [0.2, 0.25) is 0 Å². The third kappa shape index (κ3) is 2.47. The van der Waals surface area contributed by atoms with Gasteiger partial charge in [0, 0.05) is 37.6 Å². The summed E-state index contributed by atoms with van der Waals surface area (Å²) >= 11 is 0. The maximum atomic E-state index is 12.5. The molecule has 1 amide bonds. The van der Waals surface area contributed by atoms with E-state index in [1.54, 1.807) is 11.1 Å². The summed E-state index contributed by atoms with van der Waals surface area (Å²) in [6.07, 6.45) is 3.83. The van der Waals surface area contributed by atoms with Gasteiger partial charge in [-0.2, -0.15) is 0 Å². The number of hydrogen-bond acceptors (Lipinski definition) is 4. The fourth-order valence-electron chi connectivity index (χ4n) is 2.44. The minimum Gasteiger partial charge on any atom is -0.478 e. The van der Waals surface area contributed by atoms with E-state index in [1.807, 2.05) is 12.1 Å². The highest BCUT2D eigenvalue weighted by Gasteiger charge is 2.26. The van der Waals surface area contributed by atoms with Crippen molar-refractivity contribution >= 4 is 11.9 Å². The predicted octanol–water partition coefficient (Wildman–Crippen LogP) is 1.37. The van der Waals surface area contributed by atoms with Crippen LogP contribution in [0.5, 0.6) is 0 Å². The van der Waals surface area contributed by atoms with Crippen molar-refractivity contribution in [1.29, 1.82) is 0 Å². The molecule has 1 aliphatic rings. The SMILES string of the molecule is O=C(O)c1cccnc1C(=O)N1CCc2ncccc2C1. The number of carboxylic acids is 1. The number of carbonyl (C=O) groups is 2. The molecule has 6 nitrogen and oxygen atoms in total. The molecule has 0 spiro atoms. The normalized spacial score (nSPS) is 13.6. The number of amides is 1. The van der Waals surface area contributed by atoms with Crippen LogP contribution >= 0.6 is 0 Å². The Kier molecular flexibility index (Phi) is 3.35. The fourth-order valence-corrected chi connectivity index (χ4v) is 2.44. The van der Waals surface area contributed by atoms with Gasteiger partial charge in [0.1, 0.15) is 5.69 Å². The monoisotopic (exact) mass is 283 g/mol. The van der Waals surface area contributed by atoms with Crippen LogP contribution in [0.4, 0.5) is 0 Å². The molecule has 2 aromatic heterocycles. The average molecular weight is 283 g/mol. The zero-order valence-electron chi connectivity index (χ0n) is 11.2. The Labute approximate surface area is 121 Å². The number of nitrogens with zero attached hydrogens (tertiary/aromatic N) is 3. The van der Waals surface area contributed by atoms with Crippen molar-refractivity contribution in [2.75, 3.05) is 6.54 Å². The van der Waals surface area contributed by atoms with Crippen LogP contribution in [-0.4, -0.2) is 38.4 Å². The van der Waals surface area contributed by atoms with E-state index in [9.17, 15) is 9.59 Å². The molecule has 0 aromatic carbocycles. The molecule has 106 valence electrons. The van der Waals surface area contributed by atoms with Crippen molar-refractivity contribution in [2.24, 2.45) is 0 Å². The Balaban J connectivity index is 1.89. The molecule has 0 unspecified atom stereocenters. The Morgan fingerprint density at radius 2 is 1.90 bits per heavy atom. The summed E-state index contributed by atoms with van der Waals surface area (Å²) in [7, 11) is 0. The van der Waals surface area contributed by atoms with Crippen molar-refractivity contribution in [3.63, 3.8) is 0 Å². The number of hydrogen-bond donors (Lipinski definition) is 1. The zero-order valence-corrected chi connectivity index (χ0v) is 11.2. The van der Waals surface area contributed by atoms with Gasteiger partial charge in [-0.15, -0.1) is 0 Å². The van der Waals surface area contributed by atoms with E-state index in [4.69, 9.17) is 5.11 Å². The van der Waals surface area contributed by atoms with Gasteiger partial charge < -0.3 is 10.0 Å². The van der Waals surface area contributed by atoms with Gasteiger partial charge in [-0.05, 0) is 23.8 Å². The Morgan fingerprint density at radius 3 is 2.71 bits per heavy atom. The number of aromatic nitrogens is 2. The molecule has 0 saturated carbocycles. The summed E-state index contributed by atoms with van der Waals surface area (Å²) in [6.45, 7) is 0.941. The fraction of sp³-hybridized carbons (Fsp3) is 0.200. The molecule has 0 saturated heterocycles. The number of rotatable bonds is 2. The van der Waals surface area contributed by atoms with Gasteiger partial charge in [-0.1, -0.05) is 6.07 Å². The quantitative estimate of drug-likeness (QED) is 0.900. The molecule has 6 heteroatoms. The van der Waals surface area contributed by atoms with E-state index in [0.29, 0.717) is 19.5 Å². The number of fused-ring (bicyclic) bond motifs is 1. The standard InChI is InChI=1S/C15H13N3O3/c19-14(13-11(15(20)21)4-2-7-17-13)18-8-5-12-10(9-18)3-1-6-16-12/h1-4,6-7H,5,8-9H2,(H,20,21). The summed E-state index contributed by atoms with van der Waals surface area (Å²) in [4.78, 5) is 33.5. The van der Waals surface area contributed by atoms with E-state index in [-0.39, 0.29) is 17.2 Å². The lowest BCUT2D eigenvalue weighted by Gasteiger charge is -2.28. The highest BCUT2D eigenvalue weighted by Crippen LogP contribution is 2.19. The number of carbonyl (C=O) groups excluding carboxylic acids is 1. The van der Waals surface area contributed by atoms with Gasteiger partial charge in [0.25, 0.3) is 5.91 Å². The van der Waals surface area contributed by atoms with Gasteiger partial charge >= 0.3 is 5.97 Å². The Bertz CT molecular complexity index is 715. The first-order chi connectivity index (χ1) is 10.2. The highest BCUT2D eigenvalue weighted by atomic mass is 16.4. The molecule has 21 heavy (non-hydrogen) atoms. The molecular formula is C15H13N3O3. The molecule has 1 N–H and O–H groups in total. The van der Waals surface area contributed by atoms with E-state index in [2.05, 4.69) is 9.97 Å². The summed E-state index contributed by atoms with van der Waals surface area (Å²) < 4.78 is 0. The van der Waals surface area contributed by atoms with E-state index in [0.717, 1.165) is 11.3 Å². The van der Waals surface area contributed by atoms with Crippen LogP contribution in [-0.2, 0) is 13.0 Å². The topological polar surface area (TPSA) is 83.4 Å². The maximum absolute atomic E-state index is 12.5. The minimum absolute atomic E-state index is 0.0164. The third-order valence-corrected chi connectivity index (χ3v) is 3.49. The predicted molar refractivity (Wildman–Crippen MR) is 73.9 cm³/mol. The minimum atomic E-state index is -1.15. The molecule has 0 fully saturated rings. The summed E-state index contributed by atoms with van der Waals surface area (Å²) in [5.41, 5.74) is 1.89. The lowest BCUT2D eigenvalue weighted by atomic mass is 10.0. The first-order valence-corrected chi connectivity index (χ1v) is 6.57. The van der Waals surface area contributed by atoms with E-state index in [1.165, 1.54) is 18.3 Å².